The molecule has 1 saturated heterocycles. The zero-order valence-electron chi connectivity index (χ0n) is 12.2. The van der Waals surface area contributed by atoms with Crippen LogP contribution in [0.3, 0.4) is 0 Å². The Labute approximate surface area is 150 Å². The number of thiocarbonyl (C=S) groups is 1. The first-order valence-corrected chi connectivity index (χ1v) is 8.27. The van der Waals surface area contributed by atoms with Crippen molar-refractivity contribution in [3.05, 3.63) is 27.1 Å². The van der Waals surface area contributed by atoms with Crippen LogP contribution in [0.15, 0.2) is 21.5 Å². The van der Waals surface area contributed by atoms with Crippen LogP contribution in [-0.2, 0) is 14.3 Å². The lowest BCUT2D eigenvalue weighted by Gasteiger charge is -2.11. The average Bonchev–Trinajstić information content (AvgIpc) is 2.78. The van der Waals surface area contributed by atoms with Crippen molar-refractivity contribution in [2.75, 3.05) is 20.8 Å². The van der Waals surface area contributed by atoms with Crippen LogP contribution in [0.1, 0.15) is 5.56 Å². The second kappa shape index (κ2) is 7.33. The first-order chi connectivity index (χ1) is 10.9. The van der Waals surface area contributed by atoms with Crippen LogP contribution in [0.4, 0.5) is 0 Å². The summed E-state index contributed by atoms with van der Waals surface area (Å²) in [5.41, 5.74) is 0.644. The summed E-state index contributed by atoms with van der Waals surface area (Å²) in [4.78, 5) is 25.2. The number of benzene rings is 1. The lowest BCUT2D eigenvalue weighted by atomic mass is 10.2. The van der Waals surface area contributed by atoms with E-state index in [1.807, 2.05) is 0 Å². The van der Waals surface area contributed by atoms with E-state index in [2.05, 4.69) is 20.7 Å². The van der Waals surface area contributed by atoms with Gasteiger partial charge in [-0.1, -0.05) is 24.0 Å². The number of carbonyl (C=O) groups is 2. The summed E-state index contributed by atoms with van der Waals surface area (Å²) in [6.45, 7) is -0.221. The number of halogens is 1. The Hall–Kier alpha value is -1.58. The van der Waals surface area contributed by atoms with E-state index in [4.69, 9.17) is 17.0 Å². The highest BCUT2D eigenvalue weighted by molar-refractivity contribution is 9.10. The first-order valence-electron chi connectivity index (χ1n) is 6.26. The molecule has 1 aromatic rings. The van der Waals surface area contributed by atoms with E-state index in [9.17, 15) is 14.7 Å². The molecule has 23 heavy (non-hydrogen) atoms. The number of nitrogens with zero attached hydrogens (tertiary/aromatic N) is 1. The number of carbonyl (C=O) groups excluding carboxylic acids is 2. The molecular formula is C14H12BrNO5S2. The molecule has 1 N–H and O–H groups in total. The molecule has 122 valence electrons. The number of phenols is 1. The number of ether oxygens (including phenoxy) is 2. The van der Waals surface area contributed by atoms with Crippen molar-refractivity contribution in [3.8, 4) is 11.5 Å². The van der Waals surface area contributed by atoms with Gasteiger partial charge in [-0.15, -0.1) is 0 Å². The maximum atomic E-state index is 12.3. The van der Waals surface area contributed by atoms with Crippen molar-refractivity contribution in [1.82, 2.24) is 4.90 Å². The van der Waals surface area contributed by atoms with Gasteiger partial charge in [0.05, 0.1) is 23.6 Å². The molecule has 9 heteroatoms. The maximum Gasteiger partial charge on any atom is 0.325 e. The fourth-order valence-electron chi connectivity index (χ4n) is 1.81. The Morgan fingerprint density at radius 2 is 2.17 bits per heavy atom. The molecule has 0 bridgehead atoms. The smallest absolute Gasteiger partial charge is 0.325 e. The van der Waals surface area contributed by atoms with Crippen molar-refractivity contribution in [1.29, 1.82) is 0 Å². The second-order valence-electron chi connectivity index (χ2n) is 4.40. The standard InChI is InChI=1S/C14H12BrNO5S2/c1-20-9-4-7(3-8(15)12(9)18)5-10-13(19)16(14(22)23-10)6-11(17)21-2/h3-5,18H,6H2,1-2H3/b10-5+. The van der Waals surface area contributed by atoms with Gasteiger partial charge in [-0.2, -0.15) is 0 Å². The number of rotatable bonds is 4. The molecular weight excluding hydrogens is 406 g/mol. The highest BCUT2D eigenvalue weighted by Crippen LogP contribution is 2.38. The van der Waals surface area contributed by atoms with E-state index >= 15 is 0 Å². The molecule has 1 heterocycles. The molecule has 6 nitrogen and oxygen atoms in total. The summed E-state index contributed by atoms with van der Waals surface area (Å²) in [7, 11) is 2.68. The maximum absolute atomic E-state index is 12.3. The number of amides is 1. The SMILES string of the molecule is COC(=O)CN1C(=O)/C(=C\c2cc(Br)c(O)c(OC)c2)SC1=S. The molecule has 1 aliphatic rings. The molecule has 1 fully saturated rings. The van der Waals surface area contributed by atoms with Crippen LogP contribution in [0.5, 0.6) is 11.5 Å². The van der Waals surface area contributed by atoms with Crippen molar-refractivity contribution in [2.24, 2.45) is 0 Å². The normalized spacial score (nSPS) is 16.1. The molecule has 0 spiro atoms. The molecule has 0 aromatic heterocycles. The Kier molecular flexibility index (Phi) is 5.66. The minimum absolute atomic E-state index is 0.0251. The Morgan fingerprint density at radius 3 is 2.78 bits per heavy atom. The Balaban J connectivity index is 2.31. The highest BCUT2D eigenvalue weighted by Gasteiger charge is 2.33. The van der Waals surface area contributed by atoms with Gasteiger partial charge in [-0.05, 0) is 39.7 Å². The zero-order chi connectivity index (χ0) is 17.1. The highest BCUT2D eigenvalue weighted by atomic mass is 79.9. The van der Waals surface area contributed by atoms with Gasteiger partial charge in [0.1, 0.15) is 10.9 Å². The molecule has 0 atom stereocenters. The van der Waals surface area contributed by atoms with Crippen molar-refractivity contribution >= 4 is 62.2 Å². The predicted molar refractivity (Wildman–Crippen MR) is 94.3 cm³/mol. The molecule has 2 rings (SSSR count). The van der Waals surface area contributed by atoms with Crippen LogP contribution in [0.2, 0.25) is 0 Å². The fourth-order valence-corrected chi connectivity index (χ4v) is 3.53. The number of esters is 1. The lowest BCUT2D eigenvalue weighted by molar-refractivity contribution is -0.143. The van der Waals surface area contributed by atoms with Gasteiger partial charge in [0.15, 0.2) is 11.5 Å². The van der Waals surface area contributed by atoms with E-state index in [1.165, 1.54) is 19.1 Å². The number of phenolic OH excluding ortho intramolecular Hbond substituents is 1. The van der Waals surface area contributed by atoms with Crippen molar-refractivity contribution in [2.45, 2.75) is 0 Å². The molecule has 0 aliphatic carbocycles. The summed E-state index contributed by atoms with van der Waals surface area (Å²) in [6, 6.07) is 3.23. The van der Waals surface area contributed by atoms with Crippen LogP contribution < -0.4 is 4.74 Å². The Bertz CT molecular complexity index is 719. The third kappa shape index (κ3) is 3.85. The first kappa shape index (κ1) is 17.8. The summed E-state index contributed by atoms with van der Waals surface area (Å²) >= 11 is 9.43. The number of aromatic hydroxyl groups is 1. The molecule has 1 aliphatic heterocycles. The number of methoxy groups -OCH3 is 2. The zero-order valence-corrected chi connectivity index (χ0v) is 15.4. The monoisotopic (exact) mass is 417 g/mol. The summed E-state index contributed by atoms with van der Waals surface area (Å²) in [5.74, 6) is -0.663. The minimum Gasteiger partial charge on any atom is -0.503 e. The van der Waals surface area contributed by atoms with Gasteiger partial charge < -0.3 is 14.6 Å². The van der Waals surface area contributed by atoms with Gasteiger partial charge in [0.2, 0.25) is 0 Å². The molecule has 0 radical (unpaired) electrons. The van der Waals surface area contributed by atoms with Gasteiger partial charge in [-0.3, -0.25) is 14.5 Å². The van der Waals surface area contributed by atoms with Crippen LogP contribution >= 0.6 is 39.9 Å². The summed E-state index contributed by atoms with van der Waals surface area (Å²) in [6.07, 6.45) is 1.61. The van der Waals surface area contributed by atoms with Gasteiger partial charge in [0.25, 0.3) is 5.91 Å². The largest absolute Gasteiger partial charge is 0.503 e. The van der Waals surface area contributed by atoms with Gasteiger partial charge in [-0.25, -0.2) is 0 Å². The number of thioether (sulfide) groups is 1. The quantitative estimate of drug-likeness (QED) is 0.458. The van der Waals surface area contributed by atoms with E-state index in [1.54, 1.807) is 18.2 Å². The lowest BCUT2D eigenvalue weighted by Crippen LogP contribution is -2.33. The van der Waals surface area contributed by atoms with E-state index in [0.29, 0.717) is 14.9 Å². The van der Waals surface area contributed by atoms with Crippen LogP contribution in [0, 0.1) is 0 Å². The molecule has 0 unspecified atom stereocenters. The van der Waals surface area contributed by atoms with Crippen molar-refractivity contribution < 1.29 is 24.2 Å². The summed E-state index contributed by atoms with van der Waals surface area (Å²) in [5, 5.41) is 9.80. The van der Waals surface area contributed by atoms with Crippen LogP contribution in [0.25, 0.3) is 6.08 Å². The molecule has 0 saturated carbocycles. The predicted octanol–water partition coefficient (Wildman–Crippen LogP) is 2.54. The Morgan fingerprint density at radius 1 is 1.48 bits per heavy atom. The average molecular weight is 418 g/mol. The minimum atomic E-state index is -0.545. The third-order valence-electron chi connectivity index (χ3n) is 2.96. The van der Waals surface area contributed by atoms with E-state index in [0.717, 1.165) is 11.8 Å². The number of hydrogen-bond acceptors (Lipinski definition) is 7. The molecule has 1 aromatic carbocycles. The summed E-state index contributed by atoms with van der Waals surface area (Å²) < 4.78 is 10.3. The molecule has 1 amide bonds. The second-order valence-corrected chi connectivity index (χ2v) is 6.93. The van der Waals surface area contributed by atoms with Crippen molar-refractivity contribution in [3.63, 3.8) is 0 Å². The van der Waals surface area contributed by atoms with Gasteiger partial charge in [0, 0.05) is 0 Å². The van der Waals surface area contributed by atoms with Gasteiger partial charge >= 0.3 is 5.97 Å². The van der Waals surface area contributed by atoms with E-state index < -0.39 is 5.97 Å². The fraction of sp³-hybridized carbons (Fsp3) is 0.214. The number of hydrogen-bond donors (Lipinski definition) is 1. The third-order valence-corrected chi connectivity index (χ3v) is 4.94. The van der Waals surface area contributed by atoms with E-state index in [-0.39, 0.29) is 28.3 Å². The topological polar surface area (TPSA) is 76.1 Å². The van der Waals surface area contributed by atoms with Crippen LogP contribution in [-0.4, -0.2) is 47.0 Å².